The van der Waals surface area contributed by atoms with Crippen molar-refractivity contribution >= 4 is 51.0 Å². The Kier molecular flexibility index (Phi) is 8.18. The van der Waals surface area contributed by atoms with Gasteiger partial charge in [0.2, 0.25) is 0 Å². The molecule has 1 N–H and O–H groups in total. The summed E-state index contributed by atoms with van der Waals surface area (Å²) in [7, 11) is -4.24. The molecule has 0 atom stereocenters. The molecule has 3 aromatic carbocycles. The minimum Gasteiger partial charge on any atom is -0.494 e. The second-order valence-corrected chi connectivity index (χ2v) is 9.13. The third kappa shape index (κ3) is 6.29. The number of hydrogen-bond donors (Lipinski definition) is 1. The van der Waals surface area contributed by atoms with Crippen molar-refractivity contribution in [2.45, 2.75) is 11.8 Å². The van der Waals surface area contributed by atoms with Crippen molar-refractivity contribution in [3.8, 4) is 17.6 Å². The summed E-state index contributed by atoms with van der Waals surface area (Å²) in [5.74, 6) is -0.359. The first-order chi connectivity index (χ1) is 16.2. The highest BCUT2D eigenvalue weighted by Crippen LogP contribution is 2.36. The molecule has 7 nitrogen and oxygen atoms in total. The predicted octanol–water partition coefficient (Wildman–Crippen LogP) is 5.71. The van der Waals surface area contributed by atoms with Gasteiger partial charge in [-0.3, -0.25) is 4.79 Å². The number of benzene rings is 3. The van der Waals surface area contributed by atoms with Crippen LogP contribution in [0.2, 0.25) is 10.0 Å². The summed E-state index contributed by atoms with van der Waals surface area (Å²) in [5.41, 5.74) is 0.145. The molecule has 0 fully saturated rings. The van der Waals surface area contributed by atoms with Crippen molar-refractivity contribution in [3.05, 3.63) is 87.9 Å². The number of carbonyl (C=O) groups excluding carboxylic acids is 1. The molecule has 0 radical (unpaired) electrons. The highest BCUT2D eigenvalue weighted by molar-refractivity contribution is 7.87. The fourth-order valence-electron chi connectivity index (χ4n) is 2.82. The van der Waals surface area contributed by atoms with Crippen LogP contribution >= 0.6 is 23.2 Å². The smallest absolute Gasteiger partial charge is 0.339 e. The largest absolute Gasteiger partial charge is 0.494 e. The lowest BCUT2D eigenvalue weighted by Crippen LogP contribution is -2.14. The second kappa shape index (κ2) is 11.1. The molecule has 0 saturated carbocycles. The molecule has 1 amide bonds. The van der Waals surface area contributed by atoms with Crippen LogP contribution < -0.4 is 14.2 Å². The standard InChI is InChI=1S/C24H18Cl2N2O5S/c1-2-32-20-10-8-19(9-11-20)28-24(29)17(15-27)12-16-13-18(25)14-22(26)23(16)33-34(30,31)21-6-4-3-5-7-21/h3-14H,2H2,1H3,(H,28,29)/b17-12+. The molecule has 0 spiro atoms. The number of rotatable bonds is 8. The summed E-state index contributed by atoms with van der Waals surface area (Å²) in [5, 5.41) is 12.2. The first kappa shape index (κ1) is 25.1. The predicted molar refractivity (Wildman–Crippen MR) is 131 cm³/mol. The van der Waals surface area contributed by atoms with Crippen LogP contribution in [-0.4, -0.2) is 20.9 Å². The summed E-state index contributed by atoms with van der Waals surface area (Å²) in [4.78, 5) is 12.6. The van der Waals surface area contributed by atoms with E-state index in [1.165, 1.54) is 24.3 Å². The molecule has 0 unspecified atom stereocenters. The number of halogens is 2. The quantitative estimate of drug-likeness (QED) is 0.233. The fourth-order valence-corrected chi connectivity index (χ4v) is 4.41. The maximum atomic E-state index is 12.7. The minimum atomic E-state index is -4.24. The second-order valence-electron chi connectivity index (χ2n) is 6.74. The normalized spacial score (nSPS) is 11.4. The van der Waals surface area contributed by atoms with Gasteiger partial charge in [0.05, 0.1) is 11.6 Å². The number of amides is 1. The topological polar surface area (TPSA) is 105 Å². The van der Waals surface area contributed by atoms with E-state index < -0.39 is 16.0 Å². The monoisotopic (exact) mass is 516 g/mol. The van der Waals surface area contributed by atoms with Crippen LogP contribution in [0.3, 0.4) is 0 Å². The van der Waals surface area contributed by atoms with Crippen molar-refractivity contribution in [3.63, 3.8) is 0 Å². The molecule has 3 rings (SSSR count). The molecule has 0 saturated heterocycles. The van der Waals surface area contributed by atoms with Crippen LogP contribution in [0.5, 0.6) is 11.5 Å². The van der Waals surface area contributed by atoms with Gasteiger partial charge in [0, 0.05) is 16.3 Å². The number of ether oxygens (including phenoxy) is 1. The van der Waals surface area contributed by atoms with Gasteiger partial charge in [-0.15, -0.1) is 0 Å². The van der Waals surface area contributed by atoms with Gasteiger partial charge in [0.25, 0.3) is 5.91 Å². The lowest BCUT2D eigenvalue weighted by molar-refractivity contribution is -0.112. The Morgan fingerprint density at radius 3 is 2.38 bits per heavy atom. The molecule has 0 aliphatic carbocycles. The van der Waals surface area contributed by atoms with Gasteiger partial charge in [0.1, 0.15) is 22.3 Å². The minimum absolute atomic E-state index is 0.0374. The van der Waals surface area contributed by atoms with Gasteiger partial charge in [0.15, 0.2) is 5.75 Å². The zero-order chi connectivity index (χ0) is 24.7. The number of nitrogens with one attached hydrogen (secondary N) is 1. The zero-order valence-electron chi connectivity index (χ0n) is 17.8. The lowest BCUT2D eigenvalue weighted by atomic mass is 10.1. The Hall–Kier alpha value is -3.51. The van der Waals surface area contributed by atoms with Crippen molar-refractivity contribution in [2.24, 2.45) is 0 Å². The van der Waals surface area contributed by atoms with Gasteiger partial charge in [-0.2, -0.15) is 13.7 Å². The Bertz CT molecular complexity index is 1370. The maximum Gasteiger partial charge on any atom is 0.339 e. The third-order valence-corrected chi connectivity index (χ3v) is 6.08. The van der Waals surface area contributed by atoms with Gasteiger partial charge in [-0.1, -0.05) is 41.4 Å². The number of nitrogens with zero attached hydrogens (tertiary/aromatic N) is 1. The molecule has 34 heavy (non-hydrogen) atoms. The number of nitriles is 1. The van der Waals surface area contributed by atoms with E-state index in [2.05, 4.69) is 5.32 Å². The van der Waals surface area contributed by atoms with Crippen LogP contribution in [0.4, 0.5) is 5.69 Å². The van der Waals surface area contributed by atoms with E-state index in [0.717, 1.165) is 6.08 Å². The third-order valence-electron chi connectivity index (χ3n) is 4.35. The zero-order valence-corrected chi connectivity index (χ0v) is 20.1. The molecule has 174 valence electrons. The van der Waals surface area contributed by atoms with Crippen molar-refractivity contribution in [1.82, 2.24) is 0 Å². The summed E-state index contributed by atoms with van der Waals surface area (Å²) in [6, 6.07) is 18.5. The van der Waals surface area contributed by atoms with Gasteiger partial charge < -0.3 is 14.2 Å². The number of hydrogen-bond acceptors (Lipinski definition) is 6. The Balaban J connectivity index is 1.93. The lowest BCUT2D eigenvalue weighted by Gasteiger charge is -2.12. The van der Waals surface area contributed by atoms with Gasteiger partial charge in [-0.25, -0.2) is 0 Å². The maximum absolute atomic E-state index is 12.7. The van der Waals surface area contributed by atoms with E-state index in [1.54, 1.807) is 48.5 Å². The number of carbonyl (C=O) groups is 1. The number of anilines is 1. The summed E-state index contributed by atoms with van der Waals surface area (Å²) < 4.78 is 36.0. The van der Waals surface area contributed by atoms with Gasteiger partial charge in [-0.05, 0) is 61.5 Å². The molecule has 3 aromatic rings. The van der Waals surface area contributed by atoms with Crippen molar-refractivity contribution in [1.29, 1.82) is 5.26 Å². The first-order valence-electron chi connectivity index (χ1n) is 9.88. The average Bonchev–Trinajstić information content (AvgIpc) is 2.81. The Labute approximate surface area is 207 Å². The van der Waals surface area contributed by atoms with Crippen molar-refractivity contribution < 1.29 is 22.1 Å². The van der Waals surface area contributed by atoms with Crippen LogP contribution in [-0.2, 0) is 14.9 Å². The Morgan fingerprint density at radius 2 is 1.76 bits per heavy atom. The summed E-state index contributed by atoms with van der Waals surface area (Å²) in [6.07, 6.45) is 1.15. The highest BCUT2D eigenvalue weighted by Gasteiger charge is 2.22. The van der Waals surface area contributed by atoms with E-state index in [1.807, 2.05) is 6.92 Å². The van der Waals surface area contributed by atoms with Crippen LogP contribution in [0.15, 0.2) is 77.2 Å². The van der Waals surface area contributed by atoms with Crippen LogP contribution in [0, 0.1) is 11.3 Å². The molecule has 10 heteroatoms. The highest BCUT2D eigenvalue weighted by atomic mass is 35.5. The molecule has 0 aliphatic rings. The molecular weight excluding hydrogens is 499 g/mol. The summed E-state index contributed by atoms with van der Waals surface area (Å²) in [6.45, 7) is 2.35. The van der Waals surface area contributed by atoms with E-state index in [9.17, 15) is 18.5 Å². The van der Waals surface area contributed by atoms with Crippen LogP contribution in [0.1, 0.15) is 12.5 Å². The fraction of sp³-hybridized carbons (Fsp3) is 0.0833. The SMILES string of the molecule is CCOc1ccc(NC(=O)/C(C#N)=C/c2cc(Cl)cc(Cl)c2OS(=O)(=O)c2ccccc2)cc1. The average molecular weight is 517 g/mol. The molecule has 0 aromatic heterocycles. The van der Waals surface area contributed by atoms with E-state index >= 15 is 0 Å². The molecule has 0 bridgehead atoms. The van der Waals surface area contributed by atoms with Gasteiger partial charge >= 0.3 is 10.1 Å². The Morgan fingerprint density at radius 1 is 1.09 bits per heavy atom. The molecule has 0 aliphatic heterocycles. The van der Waals surface area contributed by atoms with E-state index in [-0.39, 0.29) is 31.8 Å². The first-order valence-corrected chi connectivity index (χ1v) is 12.0. The molecular formula is C24H18Cl2N2O5S. The van der Waals surface area contributed by atoms with Crippen molar-refractivity contribution in [2.75, 3.05) is 11.9 Å². The van der Waals surface area contributed by atoms with E-state index in [0.29, 0.717) is 18.0 Å². The van der Waals surface area contributed by atoms with Crippen LogP contribution in [0.25, 0.3) is 6.08 Å². The van der Waals surface area contributed by atoms with E-state index in [4.69, 9.17) is 32.1 Å². The summed E-state index contributed by atoms with van der Waals surface area (Å²) >= 11 is 12.3. The molecule has 0 heterocycles.